The molecule has 0 bridgehead atoms. The SMILES string of the molecule is Cc1nc(C(C)(C)NC(=O)CC2COCCN2)sc1C.Cl.Cl. The average Bonchev–Trinajstić information content (AvgIpc) is 2.71. The molecule has 1 atom stereocenters. The van der Waals surface area contributed by atoms with Gasteiger partial charge in [0.1, 0.15) is 5.01 Å². The third kappa shape index (κ3) is 5.66. The van der Waals surface area contributed by atoms with E-state index < -0.39 is 5.54 Å². The summed E-state index contributed by atoms with van der Waals surface area (Å²) in [6, 6.07) is 0.110. The van der Waals surface area contributed by atoms with E-state index in [0.717, 1.165) is 23.9 Å². The number of carbonyl (C=O) groups excluding carboxylic acids is 1. The minimum Gasteiger partial charge on any atom is -0.378 e. The van der Waals surface area contributed by atoms with Crippen LogP contribution in [0.15, 0.2) is 0 Å². The van der Waals surface area contributed by atoms with Crippen LogP contribution in [-0.2, 0) is 15.1 Å². The molecule has 0 aromatic carbocycles. The number of thiazole rings is 1. The van der Waals surface area contributed by atoms with Crippen LogP contribution >= 0.6 is 36.2 Å². The van der Waals surface area contributed by atoms with E-state index in [1.165, 1.54) is 4.88 Å². The summed E-state index contributed by atoms with van der Waals surface area (Å²) in [7, 11) is 0. The average molecular weight is 370 g/mol. The van der Waals surface area contributed by atoms with Crippen molar-refractivity contribution in [3.05, 3.63) is 15.6 Å². The van der Waals surface area contributed by atoms with Gasteiger partial charge in [0.25, 0.3) is 0 Å². The second-order valence-corrected chi connectivity index (χ2v) is 6.97. The highest BCUT2D eigenvalue weighted by atomic mass is 35.5. The molecule has 1 fully saturated rings. The standard InChI is InChI=1S/C14H23N3O2S.2ClH/c1-9-10(2)20-13(16-9)14(3,4)17-12(18)7-11-8-19-6-5-15-11;;/h11,15H,5-8H2,1-4H3,(H,17,18);2*1H. The summed E-state index contributed by atoms with van der Waals surface area (Å²) in [6.07, 6.45) is 0.437. The number of hydrogen-bond acceptors (Lipinski definition) is 5. The Morgan fingerprint density at radius 3 is 2.64 bits per heavy atom. The number of hydrogen-bond donors (Lipinski definition) is 2. The molecule has 2 N–H and O–H groups in total. The molecular formula is C14H25Cl2N3O2S. The van der Waals surface area contributed by atoms with Gasteiger partial charge < -0.3 is 15.4 Å². The molecule has 1 aromatic heterocycles. The van der Waals surface area contributed by atoms with E-state index >= 15 is 0 Å². The molecule has 22 heavy (non-hydrogen) atoms. The van der Waals surface area contributed by atoms with Gasteiger partial charge in [0.15, 0.2) is 0 Å². The fourth-order valence-corrected chi connectivity index (χ4v) is 3.14. The molecule has 1 amide bonds. The lowest BCUT2D eigenvalue weighted by atomic mass is 10.1. The maximum absolute atomic E-state index is 12.2. The highest BCUT2D eigenvalue weighted by Crippen LogP contribution is 2.27. The minimum absolute atomic E-state index is 0. The molecule has 1 unspecified atom stereocenters. The first-order valence-corrected chi connectivity index (χ1v) is 7.77. The van der Waals surface area contributed by atoms with Gasteiger partial charge in [-0.2, -0.15) is 0 Å². The number of morpholine rings is 1. The first-order valence-electron chi connectivity index (χ1n) is 6.95. The van der Waals surface area contributed by atoms with Crippen LogP contribution in [0, 0.1) is 13.8 Å². The maximum atomic E-state index is 12.2. The molecule has 5 nitrogen and oxygen atoms in total. The molecule has 0 aliphatic carbocycles. The normalized spacial score (nSPS) is 18.1. The summed E-state index contributed by atoms with van der Waals surface area (Å²) in [6.45, 7) is 10.2. The van der Waals surface area contributed by atoms with Crippen LogP contribution in [0.25, 0.3) is 0 Å². The smallest absolute Gasteiger partial charge is 0.222 e. The molecule has 0 saturated carbocycles. The van der Waals surface area contributed by atoms with Crippen molar-refractivity contribution >= 4 is 42.1 Å². The van der Waals surface area contributed by atoms with Crippen LogP contribution in [0.4, 0.5) is 0 Å². The molecule has 1 aliphatic heterocycles. The quantitative estimate of drug-likeness (QED) is 0.854. The van der Waals surface area contributed by atoms with Crippen molar-refractivity contribution in [1.29, 1.82) is 0 Å². The molecule has 1 aliphatic rings. The molecular weight excluding hydrogens is 345 g/mol. The second-order valence-electron chi connectivity index (χ2n) is 5.76. The summed E-state index contributed by atoms with van der Waals surface area (Å²) in [5.74, 6) is 0.0310. The van der Waals surface area contributed by atoms with Crippen molar-refractivity contribution < 1.29 is 9.53 Å². The first kappa shape index (κ1) is 21.6. The van der Waals surface area contributed by atoms with E-state index in [1.54, 1.807) is 11.3 Å². The van der Waals surface area contributed by atoms with Gasteiger partial charge in [-0.15, -0.1) is 36.2 Å². The van der Waals surface area contributed by atoms with E-state index in [1.807, 2.05) is 20.8 Å². The van der Waals surface area contributed by atoms with Crippen LogP contribution in [0.5, 0.6) is 0 Å². The van der Waals surface area contributed by atoms with Crippen molar-refractivity contribution in [1.82, 2.24) is 15.6 Å². The number of nitrogens with zero attached hydrogens (tertiary/aromatic N) is 1. The fraction of sp³-hybridized carbons (Fsp3) is 0.714. The Labute approximate surface area is 148 Å². The highest BCUT2D eigenvalue weighted by Gasteiger charge is 2.28. The molecule has 2 heterocycles. The van der Waals surface area contributed by atoms with Gasteiger partial charge in [-0.3, -0.25) is 4.79 Å². The Hall–Kier alpha value is -0.400. The number of rotatable bonds is 4. The number of halogens is 2. The molecule has 1 aromatic rings. The maximum Gasteiger partial charge on any atom is 0.222 e. The highest BCUT2D eigenvalue weighted by molar-refractivity contribution is 7.11. The third-order valence-corrected chi connectivity index (χ3v) is 4.84. The van der Waals surface area contributed by atoms with Crippen LogP contribution in [-0.4, -0.2) is 36.7 Å². The molecule has 0 spiro atoms. The van der Waals surface area contributed by atoms with Crippen molar-refractivity contribution in [2.45, 2.75) is 45.7 Å². The third-order valence-electron chi connectivity index (χ3n) is 3.45. The van der Waals surface area contributed by atoms with Crippen LogP contribution in [0.2, 0.25) is 0 Å². The van der Waals surface area contributed by atoms with Gasteiger partial charge in [0.2, 0.25) is 5.91 Å². The van der Waals surface area contributed by atoms with E-state index in [4.69, 9.17) is 4.74 Å². The Morgan fingerprint density at radius 1 is 1.45 bits per heavy atom. The lowest BCUT2D eigenvalue weighted by Gasteiger charge is -2.27. The van der Waals surface area contributed by atoms with Crippen molar-refractivity contribution in [3.63, 3.8) is 0 Å². The lowest BCUT2D eigenvalue weighted by Crippen LogP contribution is -2.47. The van der Waals surface area contributed by atoms with Crippen molar-refractivity contribution in [2.75, 3.05) is 19.8 Å². The molecule has 8 heteroatoms. The number of aromatic nitrogens is 1. The largest absolute Gasteiger partial charge is 0.378 e. The number of aryl methyl sites for hydroxylation is 2. The van der Waals surface area contributed by atoms with E-state index in [-0.39, 0.29) is 36.8 Å². The first-order chi connectivity index (χ1) is 9.38. The van der Waals surface area contributed by atoms with Gasteiger partial charge in [-0.05, 0) is 27.7 Å². The summed E-state index contributed by atoms with van der Waals surface area (Å²) in [5.41, 5.74) is 0.603. The van der Waals surface area contributed by atoms with Crippen LogP contribution < -0.4 is 10.6 Å². The number of carbonyl (C=O) groups is 1. The lowest BCUT2D eigenvalue weighted by molar-refractivity contribution is -0.124. The van der Waals surface area contributed by atoms with Gasteiger partial charge in [0, 0.05) is 23.9 Å². The van der Waals surface area contributed by atoms with Crippen molar-refractivity contribution in [2.24, 2.45) is 0 Å². The molecule has 128 valence electrons. The Kier molecular flexibility index (Phi) is 8.87. The Balaban J connectivity index is 0.00000220. The molecule has 1 saturated heterocycles. The van der Waals surface area contributed by atoms with E-state index in [2.05, 4.69) is 22.5 Å². The van der Waals surface area contributed by atoms with E-state index in [9.17, 15) is 4.79 Å². The number of nitrogens with one attached hydrogen (secondary N) is 2. The molecule has 0 radical (unpaired) electrons. The zero-order valence-electron chi connectivity index (χ0n) is 13.4. The van der Waals surface area contributed by atoms with Gasteiger partial charge >= 0.3 is 0 Å². The summed E-state index contributed by atoms with van der Waals surface area (Å²) in [5, 5.41) is 7.32. The van der Waals surface area contributed by atoms with Crippen molar-refractivity contribution in [3.8, 4) is 0 Å². The van der Waals surface area contributed by atoms with Gasteiger partial charge in [0.05, 0.1) is 24.4 Å². The predicted molar refractivity (Wildman–Crippen MR) is 94.5 cm³/mol. The number of ether oxygens (including phenoxy) is 1. The number of amides is 1. The Morgan fingerprint density at radius 2 is 2.14 bits per heavy atom. The fourth-order valence-electron chi connectivity index (χ4n) is 2.17. The monoisotopic (exact) mass is 369 g/mol. The molecule has 2 rings (SSSR count). The van der Waals surface area contributed by atoms with Gasteiger partial charge in [-0.1, -0.05) is 0 Å². The summed E-state index contributed by atoms with van der Waals surface area (Å²) in [4.78, 5) is 17.9. The van der Waals surface area contributed by atoms with Crippen LogP contribution in [0.3, 0.4) is 0 Å². The Bertz CT molecular complexity index is 469. The van der Waals surface area contributed by atoms with Gasteiger partial charge in [-0.25, -0.2) is 4.98 Å². The second kappa shape index (κ2) is 9.03. The summed E-state index contributed by atoms with van der Waals surface area (Å²) >= 11 is 1.64. The topological polar surface area (TPSA) is 63.2 Å². The zero-order chi connectivity index (χ0) is 14.8. The minimum atomic E-state index is -0.434. The van der Waals surface area contributed by atoms with Crippen LogP contribution in [0.1, 0.15) is 35.8 Å². The summed E-state index contributed by atoms with van der Waals surface area (Å²) < 4.78 is 5.36. The predicted octanol–water partition coefficient (Wildman–Crippen LogP) is 2.33. The zero-order valence-corrected chi connectivity index (χ0v) is 15.8. The van der Waals surface area contributed by atoms with E-state index in [0.29, 0.717) is 13.0 Å².